The summed E-state index contributed by atoms with van der Waals surface area (Å²) in [5.74, 6) is -0.232. The van der Waals surface area contributed by atoms with E-state index in [0.29, 0.717) is 31.6 Å². The van der Waals surface area contributed by atoms with Gasteiger partial charge in [0.25, 0.3) is 5.56 Å². The first-order chi connectivity index (χ1) is 8.65. The van der Waals surface area contributed by atoms with E-state index in [0.717, 1.165) is 6.42 Å². The maximum Gasteiger partial charge on any atom is 0.253 e. The molecule has 1 heterocycles. The molecule has 0 aliphatic carbocycles. The molecule has 5 heteroatoms. The lowest BCUT2D eigenvalue weighted by atomic mass is 10.1. The Bertz CT molecular complexity index is 500. The summed E-state index contributed by atoms with van der Waals surface area (Å²) in [7, 11) is 1.58. The molecule has 0 saturated carbocycles. The van der Waals surface area contributed by atoms with Crippen molar-refractivity contribution in [2.24, 2.45) is 0 Å². The zero-order valence-corrected chi connectivity index (χ0v) is 10.8. The molecule has 0 unspecified atom stereocenters. The molecule has 0 fully saturated rings. The van der Waals surface area contributed by atoms with Gasteiger partial charge in [-0.3, -0.25) is 9.36 Å². The normalized spacial score (nSPS) is 10.3. The second kappa shape index (κ2) is 6.82. The number of aromatic nitrogens is 1. The molecule has 0 aliphatic heterocycles. The number of aromatic hydroxyl groups is 1. The van der Waals surface area contributed by atoms with Crippen molar-refractivity contribution < 1.29 is 9.84 Å². The van der Waals surface area contributed by atoms with Crippen LogP contribution >= 0.6 is 0 Å². The minimum Gasteiger partial charge on any atom is -0.493 e. The van der Waals surface area contributed by atoms with E-state index in [-0.39, 0.29) is 17.0 Å². The molecule has 98 valence electrons. The average molecular weight is 250 g/mol. The Hall–Kier alpha value is -1.80. The number of pyridine rings is 1. The fourth-order valence-corrected chi connectivity index (χ4v) is 1.85. The Morgan fingerprint density at radius 3 is 2.83 bits per heavy atom. The molecule has 0 aromatic carbocycles. The maximum atomic E-state index is 11.9. The number of ether oxygens (including phenoxy) is 1. The van der Waals surface area contributed by atoms with E-state index in [2.05, 4.69) is 0 Å². The Morgan fingerprint density at radius 2 is 2.28 bits per heavy atom. The van der Waals surface area contributed by atoms with Crippen molar-refractivity contribution in [2.75, 3.05) is 13.7 Å². The molecule has 5 nitrogen and oxygen atoms in total. The zero-order valence-electron chi connectivity index (χ0n) is 10.8. The average Bonchev–Trinajstić information content (AvgIpc) is 2.34. The van der Waals surface area contributed by atoms with Crippen LogP contribution in [0.1, 0.15) is 30.9 Å². The van der Waals surface area contributed by atoms with Gasteiger partial charge >= 0.3 is 0 Å². The number of hydrogen-bond donors (Lipinski definition) is 1. The topological polar surface area (TPSA) is 75.2 Å². The van der Waals surface area contributed by atoms with Crippen molar-refractivity contribution in [3.63, 3.8) is 0 Å². The Labute approximate surface area is 106 Å². The highest BCUT2D eigenvalue weighted by Gasteiger charge is 2.13. The van der Waals surface area contributed by atoms with E-state index in [1.54, 1.807) is 7.11 Å². The van der Waals surface area contributed by atoms with Gasteiger partial charge < -0.3 is 9.84 Å². The predicted molar refractivity (Wildman–Crippen MR) is 67.6 cm³/mol. The first-order valence-corrected chi connectivity index (χ1v) is 6.00. The molecule has 1 aromatic rings. The van der Waals surface area contributed by atoms with E-state index >= 15 is 0 Å². The predicted octanol–water partition coefficient (Wildman–Crippen LogP) is 1.41. The molecule has 1 N–H and O–H groups in total. The summed E-state index contributed by atoms with van der Waals surface area (Å²) >= 11 is 0. The standard InChI is InChI=1S/C13H18N2O3/c1-3-5-10-8-12(16)15(6-4-7-18-2)13(17)11(10)9-14/h8,17H,3-7H2,1-2H3. The summed E-state index contributed by atoms with van der Waals surface area (Å²) in [6, 6.07) is 3.40. The van der Waals surface area contributed by atoms with Crippen LogP contribution in [-0.4, -0.2) is 23.4 Å². The number of aryl methyl sites for hydroxylation is 1. The second-order valence-electron chi connectivity index (χ2n) is 4.07. The lowest BCUT2D eigenvalue weighted by Gasteiger charge is -2.12. The smallest absolute Gasteiger partial charge is 0.253 e. The zero-order chi connectivity index (χ0) is 13.5. The third-order valence-electron chi connectivity index (χ3n) is 2.73. The van der Waals surface area contributed by atoms with Crippen molar-refractivity contribution in [2.45, 2.75) is 32.7 Å². The van der Waals surface area contributed by atoms with Crippen LogP contribution in [0.2, 0.25) is 0 Å². The van der Waals surface area contributed by atoms with Crippen molar-refractivity contribution in [3.8, 4) is 11.9 Å². The second-order valence-corrected chi connectivity index (χ2v) is 4.07. The van der Waals surface area contributed by atoms with Crippen molar-refractivity contribution in [1.82, 2.24) is 4.57 Å². The van der Waals surface area contributed by atoms with Gasteiger partial charge in [-0.2, -0.15) is 5.26 Å². The van der Waals surface area contributed by atoms with E-state index in [1.807, 2.05) is 13.0 Å². The van der Waals surface area contributed by atoms with Crippen LogP contribution in [0.15, 0.2) is 10.9 Å². The number of rotatable bonds is 6. The summed E-state index contributed by atoms with van der Waals surface area (Å²) in [5, 5.41) is 19.0. The Morgan fingerprint density at radius 1 is 1.56 bits per heavy atom. The monoisotopic (exact) mass is 250 g/mol. The third-order valence-corrected chi connectivity index (χ3v) is 2.73. The first-order valence-electron chi connectivity index (χ1n) is 6.00. The van der Waals surface area contributed by atoms with Gasteiger partial charge in [-0.05, 0) is 18.4 Å². The molecule has 0 saturated heterocycles. The van der Waals surface area contributed by atoms with Crippen LogP contribution in [0.5, 0.6) is 5.88 Å². The third kappa shape index (κ3) is 3.11. The lowest BCUT2D eigenvalue weighted by Crippen LogP contribution is -2.22. The Balaban J connectivity index is 3.13. The van der Waals surface area contributed by atoms with Crippen LogP contribution < -0.4 is 5.56 Å². The van der Waals surface area contributed by atoms with Gasteiger partial charge in [0.1, 0.15) is 11.6 Å². The molecule has 1 aromatic heterocycles. The molecule has 0 bridgehead atoms. The number of methoxy groups -OCH3 is 1. The largest absolute Gasteiger partial charge is 0.493 e. The highest BCUT2D eigenvalue weighted by atomic mass is 16.5. The molecule has 18 heavy (non-hydrogen) atoms. The summed E-state index contributed by atoms with van der Waals surface area (Å²) < 4.78 is 6.12. The van der Waals surface area contributed by atoms with Crippen molar-refractivity contribution >= 4 is 0 Å². The SMILES string of the molecule is CCCc1cc(=O)n(CCCOC)c(O)c1C#N. The first kappa shape index (κ1) is 14.3. The molecule has 0 atom stereocenters. The number of hydrogen-bond acceptors (Lipinski definition) is 4. The molecule has 0 radical (unpaired) electrons. The number of nitriles is 1. The lowest BCUT2D eigenvalue weighted by molar-refractivity contribution is 0.188. The van der Waals surface area contributed by atoms with Gasteiger partial charge in [0, 0.05) is 26.3 Å². The van der Waals surface area contributed by atoms with Crippen molar-refractivity contribution in [1.29, 1.82) is 5.26 Å². The van der Waals surface area contributed by atoms with Crippen LogP contribution in [0.3, 0.4) is 0 Å². The molecular formula is C13H18N2O3. The highest BCUT2D eigenvalue weighted by molar-refractivity contribution is 5.44. The van der Waals surface area contributed by atoms with Gasteiger partial charge in [0.05, 0.1) is 0 Å². The maximum absolute atomic E-state index is 11.9. The quantitative estimate of drug-likeness (QED) is 0.775. The van der Waals surface area contributed by atoms with E-state index in [9.17, 15) is 9.90 Å². The van der Waals surface area contributed by atoms with Crippen LogP contribution in [0, 0.1) is 11.3 Å². The van der Waals surface area contributed by atoms with Gasteiger partial charge in [0.15, 0.2) is 0 Å². The van der Waals surface area contributed by atoms with E-state index in [4.69, 9.17) is 10.00 Å². The summed E-state index contributed by atoms with van der Waals surface area (Å²) in [4.78, 5) is 11.9. The molecular weight excluding hydrogens is 232 g/mol. The van der Waals surface area contributed by atoms with Gasteiger partial charge in [0.2, 0.25) is 5.88 Å². The van der Waals surface area contributed by atoms with Gasteiger partial charge in [-0.25, -0.2) is 0 Å². The fraction of sp³-hybridized carbons (Fsp3) is 0.538. The summed E-state index contributed by atoms with van der Waals surface area (Å²) in [6.45, 7) is 2.81. The number of nitrogens with zero attached hydrogens (tertiary/aromatic N) is 2. The van der Waals surface area contributed by atoms with Crippen LogP contribution in [-0.2, 0) is 17.7 Å². The van der Waals surface area contributed by atoms with Gasteiger partial charge in [-0.1, -0.05) is 13.3 Å². The summed E-state index contributed by atoms with van der Waals surface area (Å²) in [5.41, 5.74) is 0.547. The molecule has 0 spiro atoms. The molecule has 1 rings (SSSR count). The summed E-state index contributed by atoms with van der Waals surface area (Å²) in [6.07, 6.45) is 2.05. The van der Waals surface area contributed by atoms with Crippen molar-refractivity contribution in [3.05, 3.63) is 27.5 Å². The van der Waals surface area contributed by atoms with E-state index < -0.39 is 0 Å². The minimum absolute atomic E-state index is 0.203. The fourth-order valence-electron chi connectivity index (χ4n) is 1.85. The highest BCUT2D eigenvalue weighted by Crippen LogP contribution is 2.19. The Kier molecular flexibility index (Phi) is 5.40. The van der Waals surface area contributed by atoms with Crippen LogP contribution in [0.4, 0.5) is 0 Å². The van der Waals surface area contributed by atoms with E-state index in [1.165, 1.54) is 10.6 Å². The van der Waals surface area contributed by atoms with Gasteiger partial charge in [-0.15, -0.1) is 0 Å². The van der Waals surface area contributed by atoms with Crippen LogP contribution in [0.25, 0.3) is 0 Å². The molecule has 0 aliphatic rings. The molecule has 0 amide bonds. The minimum atomic E-state index is -0.272.